The van der Waals surface area contributed by atoms with Gasteiger partial charge in [0.2, 0.25) is 5.43 Å². The molecular formula is C28H30O9. The van der Waals surface area contributed by atoms with Gasteiger partial charge in [-0.2, -0.15) is 0 Å². The van der Waals surface area contributed by atoms with Crippen LogP contribution in [0.5, 0.6) is 17.2 Å². The second-order valence-electron chi connectivity index (χ2n) is 8.98. The van der Waals surface area contributed by atoms with Crippen molar-refractivity contribution in [2.75, 3.05) is 20.3 Å². The van der Waals surface area contributed by atoms with Crippen LogP contribution >= 0.6 is 0 Å². The summed E-state index contributed by atoms with van der Waals surface area (Å²) in [6.07, 6.45) is 4.63. The summed E-state index contributed by atoms with van der Waals surface area (Å²) >= 11 is 0. The van der Waals surface area contributed by atoms with Crippen molar-refractivity contribution in [1.82, 2.24) is 0 Å². The average molecular weight is 511 g/mol. The molecule has 9 nitrogen and oxygen atoms in total. The van der Waals surface area contributed by atoms with Crippen molar-refractivity contribution in [2.45, 2.75) is 40.5 Å². The first-order chi connectivity index (χ1) is 17.5. The van der Waals surface area contributed by atoms with Crippen LogP contribution in [-0.2, 0) is 22.4 Å². The van der Waals surface area contributed by atoms with Crippen LogP contribution in [0.3, 0.4) is 0 Å². The van der Waals surface area contributed by atoms with Gasteiger partial charge in [-0.05, 0) is 52.2 Å². The van der Waals surface area contributed by atoms with E-state index in [9.17, 15) is 14.4 Å². The Labute approximate surface area is 213 Å². The van der Waals surface area contributed by atoms with Crippen molar-refractivity contribution in [3.05, 3.63) is 62.8 Å². The van der Waals surface area contributed by atoms with E-state index in [4.69, 9.17) is 28.8 Å². The fourth-order valence-electron chi connectivity index (χ4n) is 3.84. The van der Waals surface area contributed by atoms with Gasteiger partial charge in [0.25, 0.3) is 0 Å². The molecule has 1 heterocycles. The summed E-state index contributed by atoms with van der Waals surface area (Å²) in [7, 11) is 1.42. The lowest BCUT2D eigenvalue weighted by atomic mass is 9.99. The van der Waals surface area contributed by atoms with E-state index in [1.807, 2.05) is 39.8 Å². The Morgan fingerprint density at radius 3 is 2.00 bits per heavy atom. The summed E-state index contributed by atoms with van der Waals surface area (Å²) in [6.45, 7) is 6.56. The molecule has 2 aromatic carbocycles. The molecule has 0 atom stereocenters. The minimum Gasteiger partial charge on any atom is -0.493 e. The topological polar surface area (TPSA) is 133 Å². The Morgan fingerprint density at radius 1 is 0.865 bits per heavy atom. The molecule has 0 unspecified atom stereocenters. The number of fused-ring (bicyclic) bond motifs is 2. The number of carboxylic acids is 2. The van der Waals surface area contributed by atoms with Gasteiger partial charge in [-0.3, -0.25) is 4.79 Å². The SMILES string of the molecule is COc1c(OCC(=O)O)cc2oc3cc(OCC(=O)O)c(CC=C(C)C)cc3c(=O)c2c1CC=C(C)C. The van der Waals surface area contributed by atoms with Crippen LogP contribution in [-0.4, -0.2) is 42.5 Å². The Hall–Kier alpha value is -4.27. The number of methoxy groups -OCH3 is 1. The molecule has 0 spiro atoms. The van der Waals surface area contributed by atoms with Gasteiger partial charge < -0.3 is 28.8 Å². The van der Waals surface area contributed by atoms with Crippen LogP contribution in [0.15, 0.2) is 50.7 Å². The van der Waals surface area contributed by atoms with E-state index in [1.165, 1.54) is 19.2 Å². The molecule has 0 radical (unpaired) electrons. The number of hydrogen-bond acceptors (Lipinski definition) is 7. The molecule has 0 saturated heterocycles. The monoisotopic (exact) mass is 510 g/mol. The minimum atomic E-state index is -1.17. The largest absolute Gasteiger partial charge is 0.493 e. The van der Waals surface area contributed by atoms with Crippen LogP contribution in [0.25, 0.3) is 21.9 Å². The second kappa shape index (κ2) is 11.6. The number of hydrogen-bond donors (Lipinski definition) is 2. The summed E-state index contributed by atoms with van der Waals surface area (Å²) < 4.78 is 22.6. The lowest BCUT2D eigenvalue weighted by Crippen LogP contribution is -2.13. The van der Waals surface area contributed by atoms with Crippen LogP contribution in [0, 0.1) is 0 Å². The third kappa shape index (κ3) is 6.49. The first kappa shape index (κ1) is 27.3. The molecule has 2 N–H and O–H groups in total. The Balaban J connectivity index is 2.37. The summed E-state index contributed by atoms with van der Waals surface area (Å²) in [6, 6.07) is 4.59. The number of rotatable bonds is 11. The summed E-state index contributed by atoms with van der Waals surface area (Å²) in [5.74, 6) is -1.64. The fourth-order valence-corrected chi connectivity index (χ4v) is 3.84. The van der Waals surface area contributed by atoms with E-state index in [0.29, 0.717) is 29.4 Å². The maximum Gasteiger partial charge on any atom is 0.341 e. The van der Waals surface area contributed by atoms with Crippen LogP contribution in [0.2, 0.25) is 0 Å². The number of benzene rings is 2. The smallest absolute Gasteiger partial charge is 0.341 e. The van der Waals surface area contributed by atoms with Gasteiger partial charge in [0, 0.05) is 17.7 Å². The molecule has 0 bridgehead atoms. The van der Waals surface area contributed by atoms with E-state index in [1.54, 1.807) is 6.07 Å². The van der Waals surface area contributed by atoms with Crippen molar-refractivity contribution < 1.29 is 38.4 Å². The third-order valence-electron chi connectivity index (χ3n) is 5.51. The molecule has 0 fully saturated rings. The van der Waals surface area contributed by atoms with Crippen LogP contribution < -0.4 is 19.6 Å². The van der Waals surface area contributed by atoms with E-state index in [2.05, 4.69) is 0 Å². The zero-order valence-electron chi connectivity index (χ0n) is 21.5. The molecule has 9 heteroatoms. The molecule has 0 aliphatic heterocycles. The predicted molar refractivity (Wildman–Crippen MR) is 139 cm³/mol. The van der Waals surface area contributed by atoms with Gasteiger partial charge in [-0.25, -0.2) is 9.59 Å². The summed E-state index contributed by atoms with van der Waals surface area (Å²) in [5.41, 5.74) is 3.28. The predicted octanol–water partition coefficient (Wildman–Crippen LogP) is 4.90. The first-order valence-electron chi connectivity index (χ1n) is 11.6. The third-order valence-corrected chi connectivity index (χ3v) is 5.51. The second-order valence-corrected chi connectivity index (χ2v) is 8.98. The summed E-state index contributed by atoms with van der Waals surface area (Å²) in [5, 5.41) is 18.8. The van der Waals surface area contributed by atoms with Crippen LogP contribution in [0.1, 0.15) is 38.8 Å². The van der Waals surface area contributed by atoms with Crippen LogP contribution in [0.4, 0.5) is 0 Å². The van der Waals surface area contributed by atoms with Gasteiger partial charge in [0.15, 0.2) is 24.7 Å². The quantitative estimate of drug-likeness (QED) is 0.273. The normalized spacial score (nSPS) is 10.7. The Bertz CT molecular complexity index is 1470. The lowest BCUT2D eigenvalue weighted by Gasteiger charge is -2.16. The number of carbonyl (C=O) groups is 2. The maximum absolute atomic E-state index is 13.8. The highest BCUT2D eigenvalue weighted by Gasteiger charge is 2.22. The maximum atomic E-state index is 13.8. The van der Waals surface area contributed by atoms with E-state index in [-0.39, 0.29) is 39.2 Å². The first-order valence-corrected chi connectivity index (χ1v) is 11.6. The minimum absolute atomic E-state index is 0.125. The molecule has 0 aliphatic rings. The van der Waals surface area contributed by atoms with Crippen molar-refractivity contribution in [1.29, 1.82) is 0 Å². The molecule has 0 aliphatic carbocycles. The standard InChI is InChI=1S/C28H30O9/c1-15(2)6-8-17-10-19-21(11-20(17)35-13-24(29)30)37-22-12-23(36-14-25(31)32)28(34-5)18(9-7-16(3)4)26(22)27(19)33/h6-7,10-12H,8-9,13-14H2,1-5H3,(H,29,30)(H,31,32). The lowest BCUT2D eigenvalue weighted by molar-refractivity contribution is -0.140. The van der Waals surface area contributed by atoms with Gasteiger partial charge in [0.1, 0.15) is 16.9 Å². The van der Waals surface area contributed by atoms with Crippen molar-refractivity contribution in [3.63, 3.8) is 0 Å². The highest BCUT2D eigenvalue weighted by atomic mass is 16.5. The van der Waals surface area contributed by atoms with Gasteiger partial charge in [-0.1, -0.05) is 23.3 Å². The molecule has 3 aromatic rings. The number of allylic oxidation sites excluding steroid dienone is 4. The number of aliphatic carboxylic acids is 2. The van der Waals surface area contributed by atoms with Crippen molar-refractivity contribution >= 4 is 33.9 Å². The molecule has 1 aromatic heterocycles. The molecule has 0 amide bonds. The molecular weight excluding hydrogens is 480 g/mol. The van der Waals surface area contributed by atoms with E-state index in [0.717, 1.165) is 11.1 Å². The van der Waals surface area contributed by atoms with Crippen molar-refractivity contribution in [3.8, 4) is 17.2 Å². The average Bonchev–Trinajstić information content (AvgIpc) is 2.82. The number of ether oxygens (including phenoxy) is 3. The highest BCUT2D eigenvalue weighted by molar-refractivity contribution is 5.95. The molecule has 37 heavy (non-hydrogen) atoms. The Kier molecular flexibility index (Phi) is 8.60. The van der Waals surface area contributed by atoms with E-state index >= 15 is 0 Å². The fraction of sp³-hybridized carbons (Fsp3) is 0.321. The van der Waals surface area contributed by atoms with Gasteiger partial charge >= 0.3 is 11.9 Å². The highest BCUT2D eigenvalue weighted by Crippen LogP contribution is 2.39. The van der Waals surface area contributed by atoms with Gasteiger partial charge in [0.05, 0.1) is 17.9 Å². The van der Waals surface area contributed by atoms with Crippen molar-refractivity contribution in [2.24, 2.45) is 0 Å². The van der Waals surface area contributed by atoms with E-state index < -0.39 is 25.2 Å². The number of carboxylic acid groups (broad SMARTS) is 2. The zero-order valence-corrected chi connectivity index (χ0v) is 21.5. The van der Waals surface area contributed by atoms with Gasteiger partial charge in [-0.15, -0.1) is 0 Å². The summed E-state index contributed by atoms with van der Waals surface area (Å²) in [4.78, 5) is 36.1. The molecule has 3 rings (SSSR count). The molecule has 196 valence electrons. The zero-order chi connectivity index (χ0) is 27.3. The Morgan fingerprint density at radius 2 is 1.43 bits per heavy atom. The molecule has 0 saturated carbocycles.